The Morgan fingerprint density at radius 3 is 2.67 bits per heavy atom. The van der Waals surface area contributed by atoms with Crippen molar-refractivity contribution >= 4 is 11.9 Å². The Morgan fingerprint density at radius 2 is 2.04 bits per heavy atom. The van der Waals surface area contributed by atoms with Crippen LogP contribution in [0.25, 0.3) is 0 Å². The summed E-state index contributed by atoms with van der Waals surface area (Å²) in [6.07, 6.45) is 4.94. The standard InChI is InChI=1S/C20H31FN4O2/c1-22-19(25-15-20(7-4-8-20)9-12-27-2)24-11-10-23-18(26)14-16-5-3-6-17(21)13-16/h3,5-6,13H,4,7-12,14-15H2,1-2H3,(H,23,26)(H2,22,24,25). The van der Waals surface area contributed by atoms with Crippen molar-refractivity contribution in [2.45, 2.75) is 32.1 Å². The van der Waals surface area contributed by atoms with Crippen LogP contribution in [0.2, 0.25) is 0 Å². The smallest absolute Gasteiger partial charge is 0.224 e. The summed E-state index contributed by atoms with van der Waals surface area (Å²) < 4.78 is 18.4. The number of ether oxygens (including phenoxy) is 1. The molecule has 6 nitrogen and oxygen atoms in total. The Kier molecular flexibility index (Phi) is 8.51. The second kappa shape index (κ2) is 10.9. The average molecular weight is 378 g/mol. The van der Waals surface area contributed by atoms with Gasteiger partial charge in [-0.15, -0.1) is 0 Å². The van der Waals surface area contributed by atoms with Gasteiger partial charge in [-0.2, -0.15) is 0 Å². The largest absolute Gasteiger partial charge is 0.385 e. The lowest BCUT2D eigenvalue weighted by Crippen LogP contribution is -2.48. The number of carbonyl (C=O) groups is 1. The first-order valence-electron chi connectivity index (χ1n) is 9.51. The molecule has 1 aromatic carbocycles. The van der Waals surface area contributed by atoms with Gasteiger partial charge < -0.3 is 20.7 Å². The molecule has 1 aromatic rings. The monoisotopic (exact) mass is 378 g/mol. The quantitative estimate of drug-likeness (QED) is 0.330. The lowest BCUT2D eigenvalue weighted by Gasteiger charge is -2.42. The zero-order valence-corrected chi connectivity index (χ0v) is 16.3. The summed E-state index contributed by atoms with van der Waals surface area (Å²) in [6, 6.07) is 6.10. The fraction of sp³-hybridized carbons (Fsp3) is 0.600. The molecule has 1 aliphatic carbocycles. The van der Waals surface area contributed by atoms with Gasteiger partial charge in [0, 0.05) is 40.4 Å². The second-order valence-corrected chi connectivity index (χ2v) is 7.11. The Hall–Kier alpha value is -2.15. The van der Waals surface area contributed by atoms with E-state index in [9.17, 15) is 9.18 Å². The number of nitrogens with one attached hydrogen (secondary N) is 3. The van der Waals surface area contributed by atoms with Crippen molar-refractivity contribution in [3.05, 3.63) is 35.6 Å². The molecular weight excluding hydrogens is 347 g/mol. The van der Waals surface area contributed by atoms with Crippen molar-refractivity contribution in [2.24, 2.45) is 10.4 Å². The van der Waals surface area contributed by atoms with Crippen LogP contribution in [0.5, 0.6) is 0 Å². The Morgan fingerprint density at radius 1 is 1.26 bits per heavy atom. The SMILES string of the molecule is CN=C(NCCNC(=O)Cc1cccc(F)c1)NCC1(CCOC)CCC1. The molecule has 0 spiro atoms. The van der Waals surface area contributed by atoms with Gasteiger partial charge in [-0.3, -0.25) is 9.79 Å². The van der Waals surface area contributed by atoms with E-state index in [0.717, 1.165) is 25.5 Å². The molecule has 0 saturated heterocycles. The van der Waals surface area contributed by atoms with E-state index >= 15 is 0 Å². The minimum atomic E-state index is -0.327. The van der Waals surface area contributed by atoms with Crippen molar-refractivity contribution in [1.29, 1.82) is 0 Å². The second-order valence-electron chi connectivity index (χ2n) is 7.11. The molecular formula is C20H31FN4O2. The van der Waals surface area contributed by atoms with Crippen LogP contribution >= 0.6 is 0 Å². The third-order valence-corrected chi connectivity index (χ3v) is 5.10. The van der Waals surface area contributed by atoms with Crippen LogP contribution in [0.15, 0.2) is 29.3 Å². The highest BCUT2D eigenvalue weighted by Crippen LogP contribution is 2.43. The molecule has 0 aromatic heterocycles. The molecule has 1 saturated carbocycles. The molecule has 0 bridgehead atoms. The first kappa shape index (κ1) is 21.2. The van der Waals surface area contributed by atoms with Crippen LogP contribution < -0.4 is 16.0 Å². The van der Waals surface area contributed by atoms with Crippen LogP contribution in [0.4, 0.5) is 4.39 Å². The molecule has 0 aliphatic heterocycles. The van der Waals surface area contributed by atoms with Gasteiger partial charge in [-0.05, 0) is 42.4 Å². The average Bonchev–Trinajstić information content (AvgIpc) is 2.62. The number of aliphatic imine (C=N–C) groups is 1. The maximum absolute atomic E-state index is 13.1. The summed E-state index contributed by atoms with van der Waals surface area (Å²) in [5, 5.41) is 9.42. The lowest BCUT2D eigenvalue weighted by atomic mass is 9.67. The summed E-state index contributed by atoms with van der Waals surface area (Å²) in [5.74, 6) is 0.281. The molecule has 2 rings (SSSR count). The number of benzene rings is 1. The summed E-state index contributed by atoms with van der Waals surface area (Å²) in [7, 11) is 3.48. The number of hydrogen-bond donors (Lipinski definition) is 3. The number of hydrogen-bond acceptors (Lipinski definition) is 3. The molecule has 1 aliphatic rings. The molecule has 0 radical (unpaired) electrons. The van der Waals surface area contributed by atoms with E-state index in [1.54, 1.807) is 26.3 Å². The van der Waals surface area contributed by atoms with Gasteiger partial charge in [-0.1, -0.05) is 18.6 Å². The number of nitrogens with zero attached hydrogens (tertiary/aromatic N) is 1. The van der Waals surface area contributed by atoms with Crippen molar-refractivity contribution in [2.75, 3.05) is 40.4 Å². The van der Waals surface area contributed by atoms with Crippen LogP contribution in [-0.4, -0.2) is 52.3 Å². The summed E-state index contributed by atoms with van der Waals surface area (Å²) in [6.45, 7) is 2.70. The molecule has 27 heavy (non-hydrogen) atoms. The maximum Gasteiger partial charge on any atom is 0.224 e. The topological polar surface area (TPSA) is 74.8 Å². The third-order valence-electron chi connectivity index (χ3n) is 5.10. The number of carbonyl (C=O) groups excluding carboxylic acids is 1. The van der Waals surface area contributed by atoms with E-state index in [4.69, 9.17) is 4.74 Å². The Balaban J connectivity index is 1.63. The predicted molar refractivity (Wildman–Crippen MR) is 105 cm³/mol. The van der Waals surface area contributed by atoms with Crippen molar-refractivity contribution in [3.8, 4) is 0 Å². The van der Waals surface area contributed by atoms with Gasteiger partial charge >= 0.3 is 0 Å². The van der Waals surface area contributed by atoms with Crippen LogP contribution in [0.1, 0.15) is 31.2 Å². The number of guanidine groups is 1. The number of amides is 1. The fourth-order valence-corrected chi connectivity index (χ4v) is 3.28. The summed E-state index contributed by atoms with van der Waals surface area (Å²) in [5.41, 5.74) is 0.979. The van der Waals surface area contributed by atoms with Crippen LogP contribution in [-0.2, 0) is 16.0 Å². The van der Waals surface area contributed by atoms with Gasteiger partial charge in [0.05, 0.1) is 6.42 Å². The lowest BCUT2D eigenvalue weighted by molar-refractivity contribution is -0.120. The predicted octanol–water partition coefficient (Wildman–Crippen LogP) is 1.86. The van der Waals surface area contributed by atoms with Crippen molar-refractivity contribution in [3.63, 3.8) is 0 Å². The summed E-state index contributed by atoms with van der Waals surface area (Å²) in [4.78, 5) is 16.2. The normalized spacial score (nSPS) is 15.7. The zero-order valence-electron chi connectivity index (χ0n) is 16.3. The Bertz CT molecular complexity index is 632. The molecule has 0 unspecified atom stereocenters. The van der Waals surface area contributed by atoms with E-state index in [2.05, 4.69) is 20.9 Å². The molecule has 3 N–H and O–H groups in total. The fourth-order valence-electron chi connectivity index (χ4n) is 3.28. The molecule has 0 atom stereocenters. The first-order chi connectivity index (χ1) is 13.1. The number of halogens is 1. The highest BCUT2D eigenvalue weighted by molar-refractivity contribution is 5.80. The van der Waals surface area contributed by atoms with E-state index in [-0.39, 0.29) is 18.1 Å². The first-order valence-corrected chi connectivity index (χ1v) is 9.51. The van der Waals surface area contributed by atoms with Gasteiger partial charge in [0.2, 0.25) is 5.91 Å². The minimum absolute atomic E-state index is 0.127. The number of methoxy groups -OCH3 is 1. The maximum atomic E-state index is 13.1. The van der Waals surface area contributed by atoms with Gasteiger partial charge in [-0.25, -0.2) is 4.39 Å². The van der Waals surface area contributed by atoms with E-state index < -0.39 is 0 Å². The van der Waals surface area contributed by atoms with E-state index in [1.807, 2.05) is 0 Å². The molecule has 1 fully saturated rings. The Labute approximate surface area is 161 Å². The van der Waals surface area contributed by atoms with Crippen LogP contribution in [0.3, 0.4) is 0 Å². The van der Waals surface area contributed by atoms with Crippen molar-refractivity contribution in [1.82, 2.24) is 16.0 Å². The third kappa shape index (κ3) is 7.17. The van der Waals surface area contributed by atoms with E-state index in [0.29, 0.717) is 24.1 Å². The molecule has 7 heteroatoms. The molecule has 1 amide bonds. The van der Waals surface area contributed by atoms with Crippen molar-refractivity contribution < 1.29 is 13.9 Å². The van der Waals surface area contributed by atoms with E-state index in [1.165, 1.54) is 31.4 Å². The molecule has 0 heterocycles. The summed E-state index contributed by atoms with van der Waals surface area (Å²) >= 11 is 0. The highest BCUT2D eigenvalue weighted by atomic mass is 19.1. The van der Waals surface area contributed by atoms with Crippen LogP contribution in [0, 0.1) is 11.2 Å². The highest BCUT2D eigenvalue weighted by Gasteiger charge is 2.36. The van der Waals surface area contributed by atoms with Gasteiger partial charge in [0.15, 0.2) is 5.96 Å². The van der Waals surface area contributed by atoms with Gasteiger partial charge in [0.25, 0.3) is 0 Å². The zero-order chi connectivity index (χ0) is 19.5. The number of rotatable bonds is 10. The molecule has 150 valence electrons. The van der Waals surface area contributed by atoms with Gasteiger partial charge in [0.1, 0.15) is 5.82 Å². The minimum Gasteiger partial charge on any atom is -0.385 e.